The van der Waals surface area contributed by atoms with Gasteiger partial charge in [-0.25, -0.2) is 8.42 Å². The first kappa shape index (κ1) is 23.3. The van der Waals surface area contributed by atoms with E-state index in [-0.39, 0.29) is 24.0 Å². The molecule has 0 unspecified atom stereocenters. The lowest BCUT2D eigenvalue weighted by Crippen LogP contribution is -2.49. The van der Waals surface area contributed by atoms with E-state index in [1.165, 1.54) is 32.5 Å². The van der Waals surface area contributed by atoms with Gasteiger partial charge in [0.2, 0.25) is 15.9 Å². The first-order valence-corrected chi connectivity index (χ1v) is 12.9. The van der Waals surface area contributed by atoms with Gasteiger partial charge in [-0.1, -0.05) is 17.3 Å². The lowest BCUT2D eigenvalue weighted by atomic mass is 10.1. The van der Waals surface area contributed by atoms with Gasteiger partial charge < -0.3 is 14.2 Å². The number of sulfonamides is 1. The smallest absolute Gasteiger partial charge is 0.265 e. The molecule has 3 heterocycles. The highest BCUT2D eigenvalue weighted by atomic mass is 32.2. The molecule has 35 heavy (non-hydrogen) atoms. The van der Waals surface area contributed by atoms with Gasteiger partial charge in [0.05, 0.1) is 17.1 Å². The Labute approximate surface area is 204 Å². The molecule has 1 saturated heterocycles. The summed E-state index contributed by atoms with van der Waals surface area (Å²) in [4.78, 5) is 20.5. The third-order valence-corrected chi connectivity index (χ3v) is 8.43. The molecule has 0 atom stereocenters. The molecule has 2 aliphatic heterocycles. The van der Waals surface area contributed by atoms with Crippen LogP contribution in [0.25, 0.3) is 0 Å². The number of anilines is 2. The molecule has 0 radical (unpaired) electrons. The van der Waals surface area contributed by atoms with Crippen molar-refractivity contribution in [3.05, 3.63) is 59.2 Å². The van der Waals surface area contributed by atoms with Gasteiger partial charge in [0, 0.05) is 38.8 Å². The second-order valence-electron chi connectivity index (χ2n) is 8.74. The minimum Gasteiger partial charge on any atom is -0.482 e. The van der Waals surface area contributed by atoms with Crippen molar-refractivity contribution in [3.63, 3.8) is 0 Å². The van der Waals surface area contributed by atoms with E-state index in [4.69, 9.17) is 9.26 Å². The Morgan fingerprint density at radius 1 is 1.00 bits per heavy atom. The number of ether oxygens (including phenoxy) is 1. The van der Waals surface area contributed by atoms with Crippen molar-refractivity contribution in [1.82, 2.24) is 14.4 Å². The molecule has 0 N–H and O–H groups in total. The molecule has 184 valence electrons. The van der Waals surface area contributed by atoms with Crippen LogP contribution in [-0.2, 0) is 21.4 Å². The summed E-state index contributed by atoms with van der Waals surface area (Å²) in [6.45, 7) is 7.68. The van der Waals surface area contributed by atoms with Gasteiger partial charge in [-0.3, -0.25) is 9.69 Å². The predicted molar refractivity (Wildman–Crippen MR) is 129 cm³/mol. The van der Waals surface area contributed by atoms with Gasteiger partial charge >= 0.3 is 0 Å². The van der Waals surface area contributed by atoms with E-state index in [2.05, 4.69) is 41.0 Å². The number of carbonyl (C=O) groups is 1. The molecule has 2 aliphatic rings. The largest absolute Gasteiger partial charge is 0.482 e. The van der Waals surface area contributed by atoms with E-state index in [9.17, 15) is 13.2 Å². The summed E-state index contributed by atoms with van der Waals surface area (Å²) in [5.41, 5.74) is 3.93. The number of benzene rings is 2. The molecule has 1 fully saturated rings. The zero-order valence-corrected chi connectivity index (χ0v) is 20.7. The van der Waals surface area contributed by atoms with Crippen LogP contribution >= 0.6 is 0 Å². The molecule has 0 bridgehead atoms. The molecular formula is C24H27N5O5S. The number of nitrogens with zero attached hydrogens (tertiary/aromatic N) is 5. The molecule has 11 heteroatoms. The summed E-state index contributed by atoms with van der Waals surface area (Å²) < 4.78 is 39.1. The zero-order valence-electron chi connectivity index (χ0n) is 19.9. The molecule has 0 saturated carbocycles. The second-order valence-corrected chi connectivity index (χ2v) is 10.7. The van der Waals surface area contributed by atoms with Crippen molar-refractivity contribution in [1.29, 1.82) is 0 Å². The number of piperazine rings is 1. The first-order valence-electron chi connectivity index (χ1n) is 11.4. The fourth-order valence-electron chi connectivity index (χ4n) is 4.46. The van der Waals surface area contributed by atoms with Crippen molar-refractivity contribution in [2.75, 3.05) is 42.6 Å². The van der Waals surface area contributed by atoms with Gasteiger partial charge in [0.15, 0.2) is 12.4 Å². The lowest BCUT2D eigenvalue weighted by molar-refractivity contribution is -0.121. The third-order valence-electron chi connectivity index (χ3n) is 6.54. The molecule has 1 aromatic heterocycles. The van der Waals surface area contributed by atoms with Crippen molar-refractivity contribution < 1.29 is 22.5 Å². The Hall–Kier alpha value is -3.44. The SMILES string of the molecule is Cc1nc(CN2C(=O)COc3ccc(S(=O)(=O)N4CCN(c5cccc(C)c5C)CC4)cc32)no1. The zero-order chi connectivity index (χ0) is 24.7. The van der Waals surface area contributed by atoms with Gasteiger partial charge in [-0.15, -0.1) is 0 Å². The van der Waals surface area contributed by atoms with Crippen LogP contribution in [0.2, 0.25) is 0 Å². The Morgan fingerprint density at radius 2 is 1.77 bits per heavy atom. The Bertz CT molecular complexity index is 1380. The summed E-state index contributed by atoms with van der Waals surface area (Å²) in [5.74, 6) is 0.844. The van der Waals surface area contributed by atoms with E-state index in [1.54, 1.807) is 13.0 Å². The Balaban J connectivity index is 1.37. The van der Waals surface area contributed by atoms with Crippen LogP contribution in [0.15, 0.2) is 45.8 Å². The number of hydrogen-bond donors (Lipinski definition) is 0. The molecule has 2 aromatic carbocycles. The Kier molecular flexibility index (Phi) is 5.97. The van der Waals surface area contributed by atoms with Gasteiger partial charge in [0.25, 0.3) is 5.91 Å². The van der Waals surface area contributed by atoms with Crippen LogP contribution < -0.4 is 14.5 Å². The van der Waals surface area contributed by atoms with Crippen molar-refractivity contribution in [3.8, 4) is 5.75 Å². The third kappa shape index (κ3) is 4.37. The fourth-order valence-corrected chi connectivity index (χ4v) is 5.90. The summed E-state index contributed by atoms with van der Waals surface area (Å²) in [7, 11) is -3.77. The highest BCUT2D eigenvalue weighted by Gasteiger charge is 2.33. The maximum absolute atomic E-state index is 13.5. The van der Waals surface area contributed by atoms with E-state index in [1.807, 2.05) is 6.07 Å². The summed E-state index contributed by atoms with van der Waals surface area (Å²) >= 11 is 0. The van der Waals surface area contributed by atoms with E-state index in [0.717, 1.165) is 5.69 Å². The fraction of sp³-hybridized carbons (Fsp3) is 0.375. The molecule has 0 aliphatic carbocycles. The molecule has 5 rings (SSSR count). The average molecular weight is 498 g/mol. The summed E-state index contributed by atoms with van der Waals surface area (Å²) in [5, 5.41) is 3.85. The number of amides is 1. The molecule has 1 amide bonds. The van der Waals surface area contributed by atoms with Crippen molar-refractivity contribution >= 4 is 27.3 Å². The average Bonchev–Trinajstić information content (AvgIpc) is 3.27. The van der Waals surface area contributed by atoms with Crippen LogP contribution in [0.5, 0.6) is 5.75 Å². The minimum atomic E-state index is -3.77. The molecule has 3 aromatic rings. The maximum Gasteiger partial charge on any atom is 0.265 e. The number of rotatable bonds is 5. The van der Waals surface area contributed by atoms with E-state index < -0.39 is 10.0 Å². The van der Waals surface area contributed by atoms with Crippen LogP contribution in [0.1, 0.15) is 22.8 Å². The number of aromatic nitrogens is 2. The lowest BCUT2D eigenvalue weighted by Gasteiger charge is -2.36. The van der Waals surface area contributed by atoms with Crippen LogP contribution in [0.4, 0.5) is 11.4 Å². The number of fused-ring (bicyclic) bond motifs is 1. The molecular weight excluding hydrogens is 470 g/mol. The predicted octanol–water partition coefficient (Wildman–Crippen LogP) is 2.43. The highest BCUT2D eigenvalue weighted by Crippen LogP contribution is 2.36. The van der Waals surface area contributed by atoms with Crippen LogP contribution in [0.3, 0.4) is 0 Å². The van der Waals surface area contributed by atoms with Crippen molar-refractivity contribution in [2.45, 2.75) is 32.2 Å². The topological polar surface area (TPSA) is 109 Å². The molecule has 10 nitrogen and oxygen atoms in total. The summed E-state index contributed by atoms with van der Waals surface area (Å²) in [6.07, 6.45) is 0. The quantitative estimate of drug-likeness (QED) is 0.529. The second kappa shape index (κ2) is 8.97. The number of carbonyl (C=O) groups excluding carboxylic acids is 1. The van der Waals surface area contributed by atoms with Gasteiger partial charge in [-0.05, 0) is 49.2 Å². The number of hydrogen-bond acceptors (Lipinski definition) is 8. The van der Waals surface area contributed by atoms with Gasteiger partial charge in [-0.2, -0.15) is 9.29 Å². The van der Waals surface area contributed by atoms with Crippen molar-refractivity contribution in [2.24, 2.45) is 0 Å². The first-order chi connectivity index (χ1) is 16.7. The number of aryl methyl sites for hydroxylation is 2. The monoisotopic (exact) mass is 497 g/mol. The standard InChI is InChI=1S/C24H27N5O5S/c1-16-5-4-6-20(17(16)2)27-9-11-28(12-10-27)35(31,32)19-7-8-22-21(13-19)29(24(30)15-33-22)14-23-25-18(3)34-26-23/h4-8,13H,9-12,14-15H2,1-3H3. The summed E-state index contributed by atoms with van der Waals surface area (Å²) in [6, 6.07) is 10.8. The normalized spacial score (nSPS) is 16.8. The van der Waals surface area contributed by atoms with E-state index >= 15 is 0 Å². The van der Waals surface area contributed by atoms with Crippen LogP contribution in [0, 0.1) is 20.8 Å². The maximum atomic E-state index is 13.5. The highest BCUT2D eigenvalue weighted by molar-refractivity contribution is 7.89. The minimum absolute atomic E-state index is 0.0601. The van der Waals surface area contributed by atoms with E-state index in [0.29, 0.717) is 49.3 Å². The van der Waals surface area contributed by atoms with Crippen LogP contribution in [-0.4, -0.2) is 61.6 Å². The molecule has 0 spiro atoms. The van der Waals surface area contributed by atoms with Gasteiger partial charge in [0.1, 0.15) is 5.75 Å². The Morgan fingerprint density at radius 3 is 2.49 bits per heavy atom.